The fourth-order valence-electron chi connectivity index (χ4n) is 2.06. The number of hydrazine groups is 1. The van der Waals surface area contributed by atoms with Crippen LogP contribution in [0.1, 0.15) is 38.3 Å². The van der Waals surface area contributed by atoms with Crippen LogP contribution < -0.4 is 11.3 Å². The molecule has 0 aliphatic rings. The Kier molecular flexibility index (Phi) is 5.79. The van der Waals surface area contributed by atoms with Crippen molar-refractivity contribution in [3.05, 3.63) is 35.4 Å². The van der Waals surface area contributed by atoms with Gasteiger partial charge in [-0.3, -0.25) is 11.3 Å². The minimum Gasteiger partial charge on any atom is -0.379 e. The normalized spacial score (nSPS) is 13.6. The van der Waals surface area contributed by atoms with Crippen LogP contribution in [0.4, 0.5) is 0 Å². The lowest BCUT2D eigenvalue weighted by atomic mass is 9.94. The Morgan fingerprint density at radius 1 is 1.22 bits per heavy atom. The third-order valence-corrected chi connectivity index (χ3v) is 3.44. The molecule has 18 heavy (non-hydrogen) atoms. The van der Waals surface area contributed by atoms with Gasteiger partial charge in [0.25, 0.3) is 0 Å². The van der Waals surface area contributed by atoms with Crippen molar-refractivity contribution in [2.24, 2.45) is 5.84 Å². The number of rotatable bonds is 7. The number of benzene rings is 1. The van der Waals surface area contributed by atoms with Gasteiger partial charge in [0, 0.05) is 13.2 Å². The summed E-state index contributed by atoms with van der Waals surface area (Å²) in [6, 6.07) is 8.97. The summed E-state index contributed by atoms with van der Waals surface area (Å²) >= 11 is 0. The summed E-state index contributed by atoms with van der Waals surface area (Å²) in [4.78, 5) is 0. The Morgan fingerprint density at radius 2 is 1.78 bits per heavy atom. The second kappa shape index (κ2) is 6.88. The maximum Gasteiger partial charge on any atom is 0.0638 e. The van der Waals surface area contributed by atoms with E-state index >= 15 is 0 Å². The van der Waals surface area contributed by atoms with Gasteiger partial charge in [-0.1, -0.05) is 31.2 Å². The van der Waals surface area contributed by atoms with E-state index in [-0.39, 0.29) is 11.6 Å². The van der Waals surface area contributed by atoms with Gasteiger partial charge in [-0.2, -0.15) is 0 Å². The van der Waals surface area contributed by atoms with E-state index in [1.54, 1.807) is 7.11 Å². The zero-order chi connectivity index (χ0) is 13.6. The van der Waals surface area contributed by atoms with Gasteiger partial charge in [-0.15, -0.1) is 0 Å². The van der Waals surface area contributed by atoms with Crippen molar-refractivity contribution >= 4 is 0 Å². The van der Waals surface area contributed by atoms with Crippen molar-refractivity contribution in [3.63, 3.8) is 0 Å². The standard InChI is InChI=1S/C15H26N2O/c1-5-12-6-8-13(9-7-12)10-14(17-16)11-15(2,3)18-4/h6-9,14,17H,5,10-11,16H2,1-4H3. The first-order valence-corrected chi connectivity index (χ1v) is 6.60. The van der Waals surface area contributed by atoms with Crippen LogP contribution in [0.5, 0.6) is 0 Å². The molecule has 0 bridgehead atoms. The van der Waals surface area contributed by atoms with E-state index in [1.807, 2.05) is 0 Å². The van der Waals surface area contributed by atoms with Crippen molar-refractivity contribution < 1.29 is 4.74 Å². The van der Waals surface area contributed by atoms with Crippen LogP contribution in [0.25, 0.3) is 0 Å². The average molecular weight is 250 g/mol. The SMILES string of the molecule is CCc1ccc(CC(CC(C)(C)OC)NN)cc1. The van der Waals surface area contributed by atoms with Gasteiger partial charge in [0.15, 0.2) is 0 Å². The molecule has 0 aliphatic carbocycles. The smallest absolute Gasteiger partial charge is 0.0638 e. The molecule has 1 aromatic carbocycles. The Hall–Kier alpha value is -0.900. The van der Waals surface area contributed by atoms with E-state index < -0.39 is 0 Å². The monoisotopic (exact) mass is 250 g/mol. The molecule has 0 aromatic heterocycles. The van der Waals surface area contributed by atoms with Crippen molar-refractivity contribution in [2.75, 3.05) is 7.11 Å². The van der Waals surface area contributed by atoms with Crippen LogP contribution in [0.2, 0.25) is 0 Å². The summed E-state index contributed by atoms with van der Waals surface area (Å²) < 4.78 is 5.45. The molecule has 0 fully saturated rings. The predicted octanol–water partition coefficient (Wildman–Crippen LogP) is 2.44. The van der Waals surface area contributed by atoms with Crippen molar-refractivity contribution in [3.8, 4) is 0 Å². The molecule has 0 saturated heterocycles. The van der Waals surface area contributed by atoms with E-state index in [0.717, 1.165) is 19.3 Å². The molecule has 1 unspecified atom stereocenters. The molecule has 0 heterocycles. The molecule has 0 amide bonds. The van der Waals surface area contributed by atoms with E-state index in [9.17, 15) is 0 Å². The van der Waals surface area contributed by atoms with E-state index in [2.05, 4.69) is 50.5 Å². The average Bonchev–Trinajstić information content (AvgIpc) is 2.38. The maximum atomic E-state index is 5.63. The fourth-order valence-corrected chi connectivity index (χ4v) is 2.06. The van der Waals surface area contributed by atoms with Gasteiger partial charge < -0.3 is 4.74 Å². The summed E-state index contributed by atoms with van der Waals surface area (Å²) in [7, 11) is 1.74. The van der Waals surface area contributed by atoms with Gasteiger partial charge >= 0.3 is 0 Å². The molecule has 102 valence electrons. The number of methoxy groups -OCH3 is 1. The van der Waals surface area contributed by atoms with Crippen LogP contribution >= 0.6 is 0 Å². The third kappa shape index (κ3) is 4.77. The first-order valence-electron chi connectivity index (χ1n) is 6.60. The Labute approximate surface area is 111 Å². The topological polar surface area (TPSA) is 47.3 Å². The van der Waals surface area contributed by atoms with Crippen LogP contribution in [-0.4, -0.2) is 18.8 Å². The fraction of sp³-hybridized carbons (Fsp3) is 0.600. The second-order valence-corrected chi connectivity index (χ2v) is 5.41. The highest BCUT2D eigenvalue weighted by Gasteiger charge is 2.22. The lowest BCUT2D eigenvalue weighted by molar-refractivity contribution is 0.00711. The quantitative estimate of drug-likeness (QED) is 0.577. The third-order valence-electron chi connectivity index (χ3n) is 3.44. The molecule has 0 saturated carbocycles. The molecule has 0 spiro atoms. The second-order valence-electron chi connectivity index (χ2n) is 5.41. The zero-order valence-electron chi connectivity index (χ0n) is 12.0. The Balaban J connectivity index is 2.62. The molecule has 1 atom stereocenters. The largest absolute Gasteiger partial charge is 0.379 e. The molecule has 3 N–H and O–H groups in total. The number of hydrogen-bond acceptors (Lipinski definition) is 3. The van der Waals surface area contributed by atoms with Gasteiger partial charge in [0.2, 0.25) is 0 Å². The highest BCUT2D eigenvalue weighted by Crippen LogP contribution is 2.18. The summed E-state index contributed by atoms with van der Waals surface area (Å²) in [5.41, 5.74) is 5.41. The van der Waals surface area contributed by atoms with Crippen LogP contribution in [-0.2, 0) is 17.6 Å². The number of nitrogens with one attached hydrogen (secondary N) is 1. The number of hydrogen-bond donors (Lipinski definition) is 2. The number of aryl methyl sites for hydroxylation is 1. The van der Waals surface area contributed by atoms with Gasteiger partial charge in [-0.25, -0.2) is 0 Å². The van der Waals surface area contributed by atoms with E-state index in [0.29, 0.717) is 0 Å². The Bertz CT molecular complexity index is 346. The van der Waals surface area contributed by atoms with Crippen molar-refractivity contribution in [1.29, 1.82) is 0 Å². The number of nitrogens with two attached hydrogens (primary N) is 1. The maximum absolute atomic E-state index is 5.63. The molecule has 0 radical (unpaired) electrons. The molecule has 3 heteroatoms. The molecular weight excluding hydrogens is 224 g/mol. The minimum absolute atomic E-state index is 0.152. The highest BCUT2D eigenvalue weighted by atomic mass is 16.5. The first kappa shape index (κ1) is 15.2. The van der Waals surface area contributed by atoms with Gasteiger partial charge in [0.1, 0.15) is 0 Å². The van der Waals surface area contributed by atoms with Crippen molar-refractivity contribution in [1.82, 2.24) is 5.43 Å². The molecule has 1 rings (SSSR count). The Morgan fingerprint density at radius 3 is 2.22 bits per heavy atom. The van der Waals surface area contributed by atoms with Crippen LogP contribution in [0.3, 0.4) is 0 Å². The molecule has 3 nitrogen and oxygen atoms in total. The molecule has 1 aromatic rings. The van der Waals surface area contributed by atoms with Crippen molar-refractivity contribution in [2.45, 2.75) is 51.7 Å². The molecule has 0 aliphatic heterocycles. The van der Waals surface area contributed by atoms with Crippen LogP contribution in [0.15, 0.2) is 24.3 Å². The molecular formula is C15H26N2O. The summed E-state index contributed by atoms with van der Waals surface area (Å²) in [5.74, 6) is 5.63. The van der Waals surface area contributed by atoms with E-state index in [4.69, 9.17) is 10.6 Å². The predicted molar refractivity (Wildman–Crippen MR) is 76.3 cm³/mol. The minimum atomic E-state index is -0.152. The lowest BCUT2D eigenvalue weighted by Gasteiger charge is -2.28. The van der Waals surface area contributed by atoms with Gasteiger partial charge in [-0.05, 0) is 44.2 Å². The van der Waals surface area contributed by atoms with Gasteiger partial charge in [0.05, 0.1) is 5.60 Å². The summed E-state index contributed by atoms with van der Waals surface area (Å²) in [6.45, 7) is 6.33. The van der Waals surface area contributed by atoms with E-state index in [1.165, 1.54) is 11.1 Å². The highest BCUT2D eigenvalue weighted by molar-refractivity contribution is 5.23. The summed E-state index contributed by atoms with van der Waals surface area (Å²) in [6.07, 6.45) is 2.89. The number of ether oxygens (including phenoxy) is 1. The van der Waals surface area contributed by atoms with Crippen LogP contribution in [0, 0.1) is 0 Å². The first-order chi connectivity index (χ1) is 8.50. The zero-order valence-corrected chi connectivity index (χ0v) is 12.0. The summed E-state index contributed by atoms with van der Waals surface area (Å²) in [5, 5.41) is 0. The lowest BCUT2D eigenvalue weighted by Crippen LogP contribution is -2.42.